The van der Waals surface area contributed by atoms with E-state index in [1.807, 2.05) is 37.3 Å². The molecule has 4 nitrogen and oxygen atoms in total. The highest BCUT2D eigenvalue weighted by atomic mass is 32.2. The van der Waals surface area contributed by atoms with Crippen LogP contribution in [0, 0.1) is 5.92 Å². The zero-order chi connectivity index (χ0) is 14.6. The normalized spacial score (nSPS) is 25.3. The van der Waals surface area contributed by atoms with Crippen molar-refractivity contribution in [3.8, 4) is 0 Å². The molecule has 1 aromatic rings. The molecule has 0 amide bonds. The topological polar surface area (TPSA) is 58.2 Å². The third-order valence-electron chi connectivity index (χ3n) is 3.95. The van der Waals surface area contributed by atoms with Crippen molar-refractivity contribution in [3.05, 3.63) is 35.9 Å². The van der Waals surface area contributed by atoms with Crippen molar-refractivity contribution >= 4 is 10.0 Å². The van der Waals surface area contributed by atoms with Crippen LogP contribution in [-0.2, 0) is 10.0 Å². The Morgan fingerprint density at radius 3 is 2.70 bits per heavy atom. The lowest BCUT2D eigenvalue weighted by molar-refractivity contribution is 0.328. The highest BCUT2D eigenvalue weighted by Crippen LogP contribution is 2.18. The Morgan fingerprint density at radius 2 is 2.05 bits per heavy atom. The fourth-order valence-electron chi connectivity index (χ4n) is 2.67. The zero-order valence-electron chi connectivity index (χ0n) is 12.2. The zero-order valence-corrected chi connectivity index (χ0v) is 13.0. The molecule has 3 unspecified atom stereocenters. The van der Waals surface area contributed by atoms with Crippen molar-refractivity contribution in [2.75, 3.05) is 18.8 Å². The summed E-state index contributed by atoms with van der Waals surface area (Å²) in [5, 5.41) is 3.28. The maximum absolute atomic E-state index is 12.3. The summed E-state index contributed by atoms with van der Waals surface area (Å²) in [4.78, 5) is 0. The molecule has 2 N–H and O–H groups in total. The van der Waals surface area contributed by atoms with E-state index in [9.17, 15) is 8.42 Å². The second kappa shape index (κ2) is 6.70. The van der Waals surface area contributed by atoms with Crippen molar-refractivity contribution in [3.63, 3.8) is 0 Å². The van der Waals surface area contributed by atoms with Gasteiger partial charge in [-0.25, -0.2) is 13.1 Å². The van der Waals surface area contributed by atoms with Crippen LogP contribution in [0.1, 0.15) is 31.7 Å². The number of sulfonamides is 1. The van der Waals surface area contributed by atoms with Gasteiger partial charge in [-0.15, -0.1) is 0 Å². The van der Waals surface area contributed by atoms with E-state index in [0.717, 1.165) is 25.1 Å². The quantitative estimate of drug-likeness (QED) is 0.869. The van der Waals surface area contributed by atoms with E-state index in [4.69, 9.17) is 0 Å². The van der Waals surface area contributed by atoms with Gasteiger partial charge in [-0.1, -0.05) is 44.2 Å². The van der Waals surface area contributed by atoms with Gasteiger partial charge in [0.1, 0.15) is 0 Å². The predicted molar refractivity (Wildman–Crippen MR) is 82.2 cm³/mol. The minimum Gasteiger partial charge on any atom is -0.316 e. The fourth-order valence-corrected chi connectivity index (χ4v) is 4.43. The molecule has 2 rings (SSSR count). The lowest BCUT2D eigenvalue weighted by atomic mass is 9.97. The van der Waals surface area contributed by atoms with E-state index in [2.05, 4.69) is 17.0 Å². The van der Waals surface area contributed by atoms with Crippen molar-refractivity contribution < 1.29 is 8.42 Å². The average molecular weight is 296 g/mol. The second-order valence-electron chi connectivity index (χ2n) is 5.79. The van der Waals surface area contributed by atoms with Crippen LogP contribution in [0.3, 0.4) is 0 Å². The first-order valence-electron chi connectivity index (χ1n) is 7.23. The van der Waals surface area contributed by atoms with Crippen LogP contribution < -0.4 is 10.0 Å². The lowest BCUT2D eigenvalue weighted by Crippen LogP contribution is -2.49. The Kier molecular flexibility index (Phi) is 5.18. The first-order valence-corrected chi connectivity index (χ1v) is 8.89. The minimum atomic E-state index is -3.24. The minimum absolute atomic E-state index is 0.00530. The summed E-state index contributed by atoms with van der Waals surface area (Å²) in [6, 6.07) is 9.85. The third kappa shape index (κ3) is 4.30. The van der Waals surface area contributed by atoms with Gasteiger partial charge in [0.05, 0.1) is 5.75 Å². The second-order valence-corrected chi connectivity index (χ2v) is 7.59. The van der Waals surface area contributed by atoms with Crippen molar-refractivity contribution in [1.82, 2.24) is 10.0 Å². The van der Waals surface area contributed by atoms with Crippen LogP contribution >= 0.6 is 0 Å². The summed E-state index contributed by atoms with van der Waals surface area (Å²) in [6.45, 7) is 5.80. The summed E-state index contributed by atoms with van der Waals surface area (Å²) < 4.78 is 27.5. The molecule has 20 heavy (non-hydrogen) atoms. The summed E-state index contributed by atoms with van der Waals surface area (Å²) >= 11 is 0. The van der Waals surface area contributed by atoms with Gasteiger partial charge in [0, 0.05) is 6.04 Å². The van der Waals surface area contributed by atoms with E-state index >= 15 is 0 Å². The highest BCUT2D eigenvalue weighted by Gasteiger charge is 2.26. The van der Waals surface area contributed by atoms with Crippen molar-refractivity contribution in [1.29, 1.82) is 0 Å². The highest BCUT2D eigenvalue weighted by molar-refractivity contribution is 7.89. The molecule has 1 aromatic carbocycles. The van der Waals surface area contributed by atoms with Gasteiger partial charge in [0.25, 0.3) is 0 Å². The summed E-state index contributed by atoms with van der Waals surface area (Å²) in [5.74, 6) is 0.490. The van der Waals surface area contributed by atoms with Gasteiger partial charge in [-0.3, -0.25) is 0 Å². The Labute approximate surface area is 122 Å². The molecule has 5 heteroatoms. The fraction of sp³-hybridized carbons (Fsp3) is 0.600. The molecule has 1 fully saturated rings. The molecule has 0 saturated carbocycles. The van der Waals surface area contributed by atoms with Gasteiger partial charge in [0.15, 0.2) is 0 Å². The number of hydrogen-bond acceptors (Lipinski definition) is 3. The lowest BCUT2D eigenvalue weighted by Gasteiger charge is -2.30. The molecule has 0 spiro atoms. The number of piperidine rings is 1. The molecular weight excluding hydrogens is 272 g/mol. The van der Waals surface area contributed by atoms with Crippen LogP contribution in [0.25, 0.3) is 0 Å². The van der Waals surface area contributed by atoms with Gasteiger partial charge in [0.2, 0.25) is 10.0 Å². The molecule has 0 bridgehead atoms. The Bertz CT molecular complexity index is 516. The van der Waals surface area contributed by atoms with Crippen molar-refractivity contribution in [2.24, 2.45) is 5.92 Å². The van der Waals surface area contributed by atoms with Gasteiger partial charge >= 0.3 is 0 Å². The maximum Gasteiger partial charge on any atom is 0.212 e. The van der Waals surface area contributed by atoms with E-state index in [0.29, 0.717) is 5.92 Å². The van der Waals surface area contributed by atoms with Crippen LogP contribution in [0.5, 0.6) is 0 Å². The van der Waals surface area contributed by atoms with Crippen LogP contribution in [0.2, 0.25) is 0 Å². The van der Waals surface area contributed by atoms with E-state index in [-0.39, 0.29) is 17.7 Å². The maximum atomic E-state index is 12.3. The molecule has 112 valence electrons. The monoisotopic (exact) mass is 296 g/mol. The molecular formula is C15H24N2O2S. The Morgan fingerprint density at radius 1 is 1.35 bits per heavy atom. The molecule has 0 aliphatic carbocycles. The average Bonchev–Trinajstić information content (AvgIpc) is 2.41. The van der Waals surface area contributed by atoms with Crippen LogP contribution in [-0.4, -0.2) is 33.3 Å². The number of benzene rings is 1. The number of hydrogen-bond donors (Lipinski definition) is 2. The van der Waals surface area contributed by atoms with Gasteiger partial charge in [-0.2, -0.15) is 0 Å². The first-order chi connectivity index (χ1) is 9.48. The smallest absolute Gasteiger partial charge is 0.212 e. The summed E-state index contributed by atoms with van der Waals surface area (Å²) in [6.07, 6.45) is 0.861. The SMILES string of the molecule is CC(CS(=O)(=O)NC1CCNCC1C)c1ccccc1. The van der Waals surface area contributed by atoms with E-state index < -0.39 is 10.0 Å². The van der Waals surface area contributed by atoms with Crippen LogP contribution in [0.15, 0.2) is 30.3 Å². The summed E-state index contributed by atoms with van der Waals surface area (Å²) in [7, 11) is -3.24. The summed E-state index contributed by atoms with van der Waals surface area (Å²) in [5.41, 5.74) is 1.07. The Balaban J connectivity index is 1.97. The van der Waals surface area contributed by atoms with Gasteiger partial charge in [-0.05, 0) is 36.9 Å². The first kappa shape index (κ1) is 15.5. The molecule has 1 saturated heterocycles. The van der Waals surface area contributed by atoms with E-state index in [1.54, 1.807) is 0 Å². The number of nitrogens with one attached hydrogen (secondary N) is 2. The number of rotatable bonds is 5. The molecule has 0 radical (unpaired) electrons. The standard InChI is InChI=1S/C15H24N2O2S/c1-12-10-16-9-8-15(12)17-20(18,19)11-13(2)14-6-4-3-5-7-14/h3-7,12-13,15-17H,8-11H2,1-2H3. The molecule has 1 heterocycles. The van der Waals surface area contributed by atoms with Crippen molar-refractivity contribution in [2.45, 2.75) is 32.2 Å². The molecule has 3 atom stereocenters. The largest absolute Gasteiger partial charge is 0.316 e. The molecule has 1 aliphatic rings. The molecule has 0 aromatic heterocycles. The predicted octanol–water partition coefficient (Wildman–Crippen LogP) is 1.71. The Hall–Kier alpha value is -0.910. The van der Waals surface area contributed by atoms with Crippen LogP contribution in [0.4, 0.5) is 0 Å². The van der Waals surface area contributed by atoms with Gasteiger partial charge < -0.3 is 5.32 Å². The molecule has 1 aliphatic heterocycles. The third-order valence-corrected chi connectivity index (χ3v) is 5.55. The van der Waals surface area contributed by atoms with E-state index in [1.165, 1.54) is 0 Å².